The first-order valence-corrected chi connectivity index (χ1v) is 6.96. The molecule has 118 valence electrons. The summed E-state index contributed by atoms with van der Waals surface area (Å²) in [6.07, 6.45) is 1.38. The Labute approximate surface area is 131 Å². The number of nitrogens with zero attached hydrogens (tertiary/aromatic N) is 5. The van der Waals surface area contributed by atoms with Gasteiger partial charge in [0.15, 0.2) is 11.6 Å². The van der Waals surface area contributed by atoms with E-state index in [1.165, 1.54) is 6.26 Å². The van der Waals surface area contributed by atoms with Crippen LogP contribution in [0.15, 0.2) is 41.1 Å². The first-order valence-electron chi connectivity index (χ1n) is 6.96. The third-order valence-electron chi connectivity index (χ3n) is 3.05. The molecule has 23 heavy (non-hydrogen) atoms. The Morgan fingerprint density at radius 3 is 3.09 bits per heavy atom. The predicted octanol–water partition coefficient (Wildman–Crippen LogP) is 1.51. The Morgan fingerprint density at radius 2 is 2.30 bits per heavy atom. The van der Waals surface area contributed by atoms with Crippen molar-refractivity contribution in [2.45, 2.75) is 20.1 Å². The van der Waals surface area contributed by atoms with Gasteiger partial charge in [0.25, 0.3) is 5.91 Å². The lowest BCUT2D eigenvalue weighted by atomic mass is 10.2. The van der Waals surface area contributed by atoms with Crippen LogP contribution in [0.1, 0.15) is 23.1 Å². The van der Waals surface area contributed by atoms with Crippen LogP contribution in [0.3, 0.4) is 0 Å². The van der Waals surface area contributed by atoms with E-state index in [4.69, 9.17) is 4.74 Å². The van der Waals surface area contributed by atoms with Crippen molar-refractivity contribution < 1.29 is 14.1 Å². The maximum atomic E-state index is 12.1. The second-order valence-corrected chi connectivity index (χ2v) is 4.57. The van der Waals surface area contributed by atoms with Crippen molar-refractivity contribution in [3.05, 3.63) is 48.0 Å². The predicted molar refractivity (Wildman–Crippen MR) is 78.7 cm³/mol. The molecule has 0 saturated heterocycles. The molecular weight excluding hydrogens is 300 g/mol. The largest absolute Gasteiger partial charge is 0.486 e. The molecular formula is C14H14N6O3. The fourth-order valence-electron chi connectivity index (χ4n) is 1.91. The monoisotopic (exact) mass is 314 g/mol. The van der Waals surface area contributed by atoms with Crippen molar-refractivity contribution in [1.29, 1.82) is 0 Å². The average Bonchev–Trinajstić information content (AvgIpc) is 3.24. The van der Waals surface area contributed by atoms with E-state index >= 15 is 0 Å². The molecule has 3 rings (SSSR count). The number of amides is 1. The SMILES string of the molecule is CCn1nnnc1COc1cccc(C(=O)Nc2ccon2)c1. The van der Waals surface area contributed by atoms with Crippen molar-refractivity contribution in [3.63, 3.8) is 0 Å². The van der Waals surface area contributed by atoms with Crippen LogP contribution in [0.4, 0.5) is 5.82 Å². The highest BCUT2D eigenvalue weighted by molar-refractivity contribution is 6.03. The van der Waals surface area contributed by atoms with Gasteiger partial charge in [-0.3, -0.25) is 4.79 Å². The Kier molecular flexibility index (Phi) is 4.27. The summed E-state index contributed by atoms with van der Waals surface area (Å²) >= 11 is 0. The molecule has 3 aromatic rings. The molecule has 9 heteroatoms. The number of ether oxygens (including phenoxy) is 1. The Bertz CT molecular complexity index is 783. The van der Waals surface area contributed by atoms with Gasteiger partial charge in [-0.2, -0.15) is 0 Å². The molecule has 0 spiro atoms. The number of nitrogens with one attached hydrogen (secondary N) is 1. The molecule has 1 amide bonds. The summed E-state index contributed by atoms with van der Waals surface area (Å²) in [5.41, 5.74) is 0.445. The molecule has 0 radical (unpaired) electrons. The molecule has 0 aliphatic carbocycles. The number of hydrogen-bond donors (Lipinski definition) is 1. The van der Waals surface area contributed by atoms with Crippen molar-refractivity contribution in [3.8, 4) is 5.75 Å². The second-order valence-electron chi connectivity index (χ2n) is 4.57. The minimum Gasteiger partial charge on any atom is -0.486 e. The lowest BCUT2D eigenvalue weighted by Crippen LogP contribution is -2.12. The van der Waals surface area contributed by atoms with Gasteiger partial charge in [0.2, 0.25) is 0 Å². The third-order valence-corrected chi connectivity index (χ3v) is 3.05. The van der Waals surface area contributed by atoms with E-state index in [0.29, 0.717) is 29.5 Å². The topological polar surface area (TPSA) is 108 Å². The number of carbonyl (C=O) groups excluding carboxylic acids is 1. The van der Waals surface area contributed by atoms with E-state index in [1.54, 1.807) is 35.0 Å². The fraction of sp³-hybridized carbons (Fsp3) is 0.214. The quantitative estimate of drug-likeness (QED) is 0.734. The molecule has 0 fully saturated rings. The molecule has 0 saturated carbocycles. The van der Waals surface area contributed by atoms with Crippen molar-refractivity contribution in [2.75, 3.05) is 5.32 Å². The van der Waals surface area contributed by atoms with Gasteiger partial charge >= 0.3 is 0 Å². The first kappa shape index (κ1) is 14.7. The number of benzene rings is 1. The lowest BCUT2D eigenvalue weighted by Gasteiger charge is -2.07. The highest BCUT2D eigenvalue weighted by Gasteiger charge is 2.10. The van der Waals surface area contributed by atoms with Crippen LogP contribution < -0.4 is 10.1 Å². The van der Waals surface area contributed by atoms with Crippen LogP contribution in [0.25, 0.3) is 0 Å². The number of aryl methyl sites for hydroxylation is 1. The first-order chi connectivity index (χ1) is 11.3. The molecule has 0 aliphatic rings. The van der Waals surface area contributed by atoms with Crippen molar-refractivity contribution in [1.82, 2.24) is 25.4 Å². The molecule has 1 aromatic carbocycles. The number of aromatic nitrogens is 5. The number of carbonyl (C=O) groups is 1. The van der Waals surface area contributed by atoms with Crippen LogP contribution in [0.5, 0.6) is 5.75 Å². The van der Waals surface area contributed by atoms with Crippen LogP contribution >= 0.6 is 0 Å². The van der Waals surface area contributed by atoms with E-state index in [9.17, 15) is 4.79 Å². The van der Waals surface area contributed by atoms with Gasteiger partial charge in [0, 0.05) is 18.2 Å². The van der Waals surface area contributed by atoms with E-state index in [1.807, 2.05) is 6.92 Å². The third kappa shape index (κ3) is 3.51. The van der Waals surface area contributed by atoms with E-state index in [0.717, 1.165) is 0 Å². The fourth-order valence-corrected chi connectivity index (χ4v) is 1.91. The zero-order valence-corrected chi connectivity index (χ0v) is 12.3. The zero-order valence-electron chi connectivity index (χ0n) is 12.3. The Hall–Kier alpha value is -3.23. The van der Waals surface area contributed by atoms with Crippen LogP contribution in [-0.4, -0.2) is 31.3 Å². The molecule has 1 N–H and O–H groups in total. The highest BCUT2D eigenvalue weighted by atomic mass is 16.5. The summed E-state index contributed by atoms with van der Waals surface area (Å²) in [5, 5.41) is 17.6. The van der Waals surface area contributed by atoms with Crippen LogP contribution in [0.2, 0.25) is 0 Å². The van der Waals surface area contributed by atoms with Gasteiger partial charge in [-0.15, -0.1) is 5.10 Å². The number of hydrogen-bond acceptors (Lipinski definition) is 7. The molecule has 0 aliphatic heterocycles. The molecule has 9 nitrogen and oxygen atoms in total. The smallest absolute Gasteiger partial charge is 0.257 e. The number of rotatable bonds is 6. The standard InChI is InChI=1S/C14H14N6O3/c1-2-20-13(16-18-19-20)9-22-11-5-3-4-10(8-11)14(21)15-12-6-7-23-17-12/h3-8H,2,9H2,1H3,(H,15,17,21). The van der Waals surface area contributed by atoms with Crippen LogP contribution in [0, 0.1) is 0 Å². The van der Waals surface area contributed by atoms with Gasteiger partial charge in [0.05, 0.1) is 0 Å². The zero-order chi connectivity index (χ0) is 16.1. The molecule has 0 bridgehead atoms. The van der Waals surface area contributed by atoms with Gasteiger partial charge in [-0.25, -0.2) is 4.68 Å². The van der Waals surface area contributed by atoms with Gasteiger partial charge in [-0.1, -0.05) is 11.2 Å². The van der Waals surface area contributed by atoms with E-state index in [2.05, 4.69) is 30.5 Å². The van der Waals surface area contributed by atoms with Gasteiger partial charge in [-0.05, 0) is 35.5 Å². The average molecular weight is 314 g/mol. The molecule has 2 aromatic heterocycles. The summed E-state index contributed by atoms with van der Waals surface area (Å²) in [5.74, 6) is 1.21. The van der Waals surface area contributed by atoms with E-state index < -0.39 is 0 Å². The maximum Gasteiger partial charge on any atom is 0.257 e. The summed E-state index contributed by atoms with van der Waals surface area (Å²) in [6.45, 7) is 2.82. The molecule has 0 atom stereocenters. The molecule has 2 heterocycles. The van der Waals surface area contributed by atoms with Crippen molar-refractivity contribution in [2.24, 2.45) is 0 Å². The minimum atomic E-state index is -0.303. The Morgan fingerprint density at radius 1 is 1.39 bits per heavy atom. The summed E-state index contributed by atoms with van der Waals surface area (Å²) in [4.78, 5) is 12.1. The van der Waals surface area contributed by atoms with Crippen molar-refractivity contribution >= 4 is 11.7 Å². The minimum absolute atomic E-state index is 0.217. The second kappa shape index (κ2) is 6.69. The summed E-state index contributed by atoms with van der Waals surface area (Å²) in [7, 11) is 0. The normalized spacial score (nSPS) is 10.5. The lowest BCUT2D eigenvalue weighted by molar-refractivity contribution is 0.102. The van der Waals surface area contributed by atoms with Gasteiger partial charge in [0.1, 0.15) is 18.6 Å². The molecule has 0 unspecified atom stereocenters. The summed E-state index contributed by atoms with van der Waals surface area (Å²) in [6, 6.07) is 8.36. The highest BCUT2D eigenvalue weighted by Crippen LogP contribution is 2.16. The summed E-state index contributed by atoms with van der Waals surface area (Å²) < 4.78 is 11.9. The Balaban J connectivity index is 1.66. The van der Waals surface area contributed by atoms with E-state index in [-0.39, 0.29) is 12.5 Å². The maximum absolute atomic E-state index is 12.1. The number of anilines is 1. The van der Waals surface area contributed by atoms with Crippen LogP contribution in [-0.2, 0) is 13.2 Å². The number of tetrazole rings is 1. The van der Waals surface area contributed by atoms with Gasteiger partial charge < -0.3 is 14.6 Å².